The van der Waals surface area contributed by atoms with Gasteiger partial charge in [0.15, 0.2) is 11.5 Å². The molecule has 30 heavy (non-hydrogen) atoms. The lowest BCUT2D eigenvalue weighted by Gasteiger charge is -2.57. The molecule has 1 aromatic carbocycles. The van der Waals surface area contributed by atoms with Gasteiger partial charge in [0.05, 0.1) is 12.8 Å². The number of hydrogen-bond donors (Lipinski definition) is 2. The van der Waals surface area contributed by atoms with Gasteiger partial charge in [-0.25, -0.2) is 4.98 Å². The molecule has 3 aliphatic rings. The molecule has 0 unspecified atom stereocenters. The van der Waals surface area contributed by atoms with Crippen molar-refractivity contribution in [2.45, 2.75) is 37.1 Å². The van der Waals surface area contributed by atoms with Crippen LogP contribution in [0.4, 0.5) is 0 Å². The largest absolute Gasteiger partial charge is 0.504 e. The Morgan fingerprint density at radius 1 is 1.27 bits per heavy atom. The zero-order valence-electron chi connectivity index (χ0n) is 17.4. The molecule has 2 aromatic heterocycles. The molecule has 1 saturated heterocycles. The Labute approximate surface area is 175 Å². The van der Waals surface area contributed by atoms with Crippen LogP contribution in [0.25, 0.3) is 11.4 Å². The number of ether oxygens (including phenoxy) is 1. The molecule has 2 N–H and O–H groups in total. The lowest BCUT2D eigenvalue weighted by molar-refractivity contribution is 0.0215. The molecule has 0 saturated carbocycles. The third kappa shape index (κ3) is 2.34. The number of phenolic OH excluding ortho intramolecular Hbond substituents is 1. The van der Waals surface area contributed by atoms with E-state index < -0.39 is 0 Å². The highest BCUT2D eigenvalue weighted by Crippen LogP contribution is 2.57. The molecular weight excluding hydrogens is 376 g/mol. The van der Waals surface area contributed by atoms with Crippen molar-refractivity contribution in [3.8, 4) is 22.9 Å². The van der Waals surface area contributed by atoms with E-state index in [1.54, 1.807) is 13.3 Å². The minimum atomic E-state index is -0.0882. The van der Waals surface area contributed by atoms with Gasteiger partial charge < -0.3 is 19.7 Å². The van der Waals surface area contributed by atoms with E-state index in [0.29, 0.717) is 23.5 Å². The monoisotopic (exact) mass is 402 g/mol. The Hall–Kier alpha value is -2.86. The smallest absolute Gasteiger partial charge is 0.161 e. The van der Waals surface area contributed by atoms with E-state index >= 15 is 0 Å². The number of likely N-dealkylation sites (N-methyl/N-ethyl adjacent to an activating group) is 1. The first-order valence-corrected chi connectivity index (χ1v) is 10.7. The minimum absolute atomic E-state index is 0.0882. The highest BCUT2D eigenvalue weighted by molar-refractivity contribution is 5.59. The van der Waals surface area contributed by atoms with Gasteiger partial charge in [-0.1, -0.05) is 6.07 Å². The van der Waals surface area contributed by atoms with E-state index in [-0.39, 0.29) is 5.41 Å². The lowest BCUT2D eigenvalue weighted by Crippen LogP contribution is -2.61. The van der Waals surface area contributed by atoms with Crippen LogP contribution >= 0.6 is 0 Å². The van der Waals surface area contributed by atoms with Crippen molar-refractivity contribution in [1.82, 2.24) is 19.9 Å². The standard InChI is InChI=1S/C24H26N4O2/c1-28-9-7-24-12-18-17(26-23(27-18)15-4-3-8-25-13-15)11-16(24)19(28)10-14-5-6-20(30-2)22(29)21(14)24/h3-6,8,13,16,19,29H,7,9-12H2,1-2H3,(H,26,27)/t16-,19+,24-/m1/s1. The van der Waals surface area contributed by atoms with Crippen molar-refractivity contribution >= 4 is 0 Å². The summed E-state index contributed by atoms with van der Waals surface area (Å²) in [6.45, 7) is 1.04. The molecular formula is C24H26N4O2. The van der Waals surface area contributed by atoms with Gasteiger partial charge in [-0.05, 0) is 69.0 Å². The summed E-state index contributed by atoms with van der Waals surface area (Å²) in [5.41, 5.74) is 5.66. The zero-order valence-corrected chi connectivity index (χ0v) is 17.4. The van der Waals surface area contributed by atoms with Gasteiger partial charge in [0.2, 0.25) is 0 Å². The van der Waals surface area contributed by atoms with Crippen LogP contribution in [0.1, 0.15) is 28.9 Å². The molecule has 2 aliphatic carbocycles. The number of nitrogens with one attached hydrogen (secondary N) is 1. The van der Waals surface area contributed by atoms with Gasteiger partial charge >= 0.3 is 0 Å². The molecule has 6 heteroatoms. The zero-order chi connectivity index (χ0) is 20.5. The van der Waals surface area contributed by atoms with Crippen molar-refractivity contribution in [3.63, 3.8) is 0 Å². The average molecular weight is 402 g/mol. The number of aromatic nitrogens is 3. The maximum atomic E-state index is 11.2. The first kappa shape index (κ1) is 18.0. The summed E-state index contributed by atoms with van der Waals surface area (Å²) in [7, 11) is 3.87. The van der Waals surface area contributed by atoms with E-state index in [2.05, 4.69) is 28.0 Å². The van der Waals surface area contributed by atoms with E-state index in [9.17, 15) is 5.11 Å². The summed E-state index contributed by atoms with van der Waals surface area (Å²) in [4.78, 5) is 15.3. The van der Waals surface area contributed by atoms with Gasteiger partial charge in [-0.15, -0.1) is 0 Å². The number of imidazole rings is 1. The van der Waals surface area contributed by atoms with Crippen LogP contribution in [0.5, 0.6) is 11.5 Å². The molecule has 154 valence electrons. The van der Waals surface area contributed by atoms with Gasteiger partial charge in [-0.2, -0.15) is 0 Å². The predicted octanol–water partition coefficient (Wildman–Crippen LogP) is 3.10. The second-order valence-electron chi connectivity index (χ2n) is 9.05. The Balaban J connectivity index is 1.52. The van der Waals surface area contributed by atoms with Gasteiger partial charge in [0.25, 0.3) is 0 Å². The third-order valence-electron chi connectivity index (χ3n) is 7.73. The number of fused-ring (bicyclic) bond motifs is 2. The fourth-order valence-electron chi connectivity index (χ4n) is 6.30. The molecule has 1 fully saturated rings. The number of aromatic hydroxyl groups is 1. The molecule has 0 spiro atoms. The molecule has 0 radical (unpaired) electrons. The summed E-state index contributed by atoms with van der Waals surface area (Å²) >= 11 is 0. The molecule has 3 heterocycles. The summed E-state index contributed by atoms with van der Waals surface area (Å²) in [5.74, 6) is 2.23. The molecule has 6 nitrogen and oxygen atoms in total. The SMILES string of the molecule is COc1ccc2c(c1O)[C@@]13CCN(C)[C@@H](C2)[C@H]1Cc1nc(-c2cccnc2)[nH]c1C3. The van der Waals surface area contributed by atoms with Crippen molar-refractivity contribution in [2.24, 2.45) is 5.92 Å². The van der Waals surface area contributed by atoms with Crippen LogP contribution < -0.4 is 4.74 Å². The molecule has 1 aliphatic heterocycles. The van der Waals surface area contributed by atoms with E-state index in [4.69, 9.17) is 9.72 Å². The number of benzene rings is 1. The molecule has 3 aromatic rings. The second kappa shape index (κ2) is 6.32. The Bertz CT molecular complexity index is 1130. The maximum absolute atomic E-state index is 11.2. The molecule has 3 atom stereocenters. The molecule has 2 bridgehead atoms. The van der Waals surface area contributed by atoms with E-state index in [0.717, 1.165) is 49.2 Å². The van der Waals surface area contributed by atoms with Crippen LogP contribution in [-0.2, 0) is 24.7 Å². The quantitative estimate of drug-likeness (QED) is 0.689. The summed E-state index contributed by atoms with van der Waals surface area (Å²) in [6.07, 6.45) is 7.43. The van der Waals surface area contributed by atoms with Gasteiger partial charge in [-0.3, -0.25) is 4.98 Å². The number of pyridine rings is 1. The number of aromatic amines is 1. The van der Waals surface area contributed by atoms with Gasteiger partial charge in [0, 0.05) is 40.7 Å². The van der Waals surface area contributed by atoms with E-state index in [1.165, 1.54) is 17.0 Å². The predicted molar refractivity (Wildman–Crippen MR) is 114 cm³/mol. The van der Waals surface area contributed by atoms with Crippen LogP contribution in [-0.4, -0.2) is 51.7 Å². The number of phenols is 1. The van der Waals surface area contributed by atoms with Crippen LogP contribution in [0.3, 0.4) is 0 Å². The number of likely N-dealkylation sites (tertiary alicyclic amines) is 1. The maximum Gasteiger partial charge on any atom is 0.161 e. The summed E-state index contributed by atoms with van der Waals surface area (Å²) in [6, 6.07) is 8.51. The van der Waals surface area contributed by atoms with Crippen LogP contribution in [0.15, 0.2) is 36.7 Å². The lowest BCUT2D eigenvalue weighted by atomic mass is 9.52. The summed E-state index contributed by atoms with van der Waals surface area (Å²) in [5, 5.41) is 11.2. The number of methoxy groups -OCH3 is 1. The Kier molecular flexibility index (Phi) is 3.78. The molecule has 0 amide bonds. The highest BCUT2D eigenvalue weighted by Gasteiger charge is 2.56. The first-order chi connectivity index (χ1) is 14.6. The Morgan fingerprint density at radius 2 is 2.17 bits per heavy atom. The summed E-state index contributed by atoms with van der Waals surface area (Å²) < 4.78 is 5.49. The van der Waals surface area contributed by atoms with Crippen molar-refractivity contribution in [1.29, 1.82) is 0 Å². The number of hydrogen-bond acceptors (Lipinski definition) is 5. The van der Waals surface area contributed by atoms with Crippen LogP contribution in [0, 0.1) is 5.92 Å². The normalized spacial score (nSPS) is 27.1. The first-order valence-electron chi connectivity index (χ1n) is 10.7. The minimum Gasteiger partial charge on any atom is -0.504 e. The number of H-pyrrole nitrogens is 1. The van der Waals surface area contributed by atoms with Crippen molar-refractivity contribution in [2.75, 3.05) is 20.7 Å². The fraction of sp³-hybridized carbons (Fsp3) is 0.417. The number of piperidine rings is 1. The third-order valence-corrected chi connectivity index (χ3v) is 7.73. The second-order valence-corrected chi connectivity index (χ2v) is 9.05. The number of rotatable bonds is 2. The fourth-order valence-corrected chi connectivity index (χ4v) is 6.30. The molecule has 6 rings (SSSR count). The number of nitrogens with zero attached hydrogens (tertiary/aromatic N) is 3. The highest BCUT2D eigenvalue weighted by atomic mass is 16.5. The topological polar surface area (TPSA) is 74.3 Å². The van der Waals surface area contributed by atoms with E-state index in [1.807, 2.05) is 24.4 Å². The van der Waals surface area contributed by atoms with Crippen molar-refractivity contribution in [3.05, 3.63) is 59.2 Å². The average Bonchev–Trinajstić information content (AvgIpc) is 3.18. The Morgan fingerprint density at radius 3 is 2.97 bits per heavy atom. The van der Waals surface area contributed by atoms with Gasteiger partial charge in [0.1, 0.15) is 5.82 Å². The van der Waals surface area contributed by atoms with Crippen molar-refractivity contribution < 1.29 is 9.84 Å². The van der Waals surface area contributed by atoms with Crippen LogP contribution in [0.2, 0.25) is 0 Å².